The minimum Gasteiger partial charge on any atom is -0.372 e. The average molecular weight is 313 g/mol. The van der Waals surface area contributed by atoms with Crippen molar-refractivity contribution in [2.75, 3.05) is 18.4 Å². The highest BCUT2D eigenvalue weighted by molar-refractivity contribution is 5.97. The maximum atomic E-state index is 12.5. The number of hydrogen-bond acceptors (Lipinski definition) is 4. The number of rotatable bonds is 3. The lowest BCUT2D eigenvalue weighted by molar-refractivity contribution is -0.138. The van der Waals surface area contributed by atoms with Crippen LogP contribution in [0.15, 0.2) is 30.0 Å². The van der Waals surface area contributed by atoms with Crippen LogP contribution in [0, 0.1) is 25.2 Å². The molecule has 0 aromatic heterocycles. The number of nitrogens with one attached hydrogen (secondary N) is 1. The number of aryl methyl sites for hydroxylation is 2. The molecule has 1 aromatic rings. The Hall–Kier alpha value is -2.32. The van der Waals surface area contributed by atoms with Crippen LogP contribution in [-0.2, 0) is 9.53 Å². The molecule has 0 radical (unpaired) electrons. The third kappa shape index (κ3) is 4.33. The quantitative estimate of drug-likeness (QED) is 0.688. The zero-order valence-corrected chi connectivity index (χ0v) is 14.1. The molecule has 1 aliphatic rings. The van der Waals surface area contributed by atoms with E-state index in [9.17, 15) is 10.1 Å². The van der Waals surface area contributed by atoms with E-state index in [0.717, 1.165) is 11.3 Å². The lowest BCUT2D eigenvalue weighted by Gasteiger charge is -2.35. The number of benzene rings is 1. The summed E-state index contributed by atoms with van der Waals surface area (Å²) >= 11 is 0. The van der Waals surface area contributed by atoms with Crippen molar-refractivity contribution in [3.8, 4) is 6.07 Å². The molecule has 2 rings (SSSR count). The molecule has 1 saturated heterocycles. The SMILES string of the molecule is Cc1ccc(N/C=C(/C#N)C(=O)N2CC(C)OC(C)C2)c(C)c1. The number of carbonyl (C=O) groups excluding carboxylic acids is 1. The minimum atomic E-state index is -0.258. The van der Waals surface area contributed by atoms with Crippen LogP contribution in [0.3, 0.4) is 0 Å². The fourth-order valence-electron chi connectivity index (χ4n) is 2.78. The third-order valence-corrected chi connectivity index (χ3v) is 3.81. The largest absolute Gasteiger partial charge is 0.372 e. The van der Waals surface area contributed by atoms with Gasteiger partial charge in [-0.3, -0.25) is 4.79 Å². The monoisotopic (exact) mass is 313 g/mol. The van der Waals surface area contributed by atoms with Gasteiger partial charge in [-0.2, -0.15) is 5.26 Å². The molecule has 0 bridgehead atoms. The highest BCUT2D eigenvalue weighted by atomic mass is 16.5. The molecule has 5 heteroatoms. The van der Waals surface area contributed by atoms with Gasteiger partial charge in [0.1, 0.15) is 11.6 Å². The Bertz CT molecular complexity index is 651. The van der Waals surface area contributed by atoms with Crippen LogP contribution in [0.2, 0.25) is 0 Å². The van der Waals surface area contributed by atoms with Crippen molar-refractivity contribution in [2.24, 2.45) is 0 Å². The number of nitriles is 1. The van der Waals surface area contributed by atoms with Crippen LogP contribution in [0.1, 0.15) is 25.0 Å². The van der Waals surface area contributed by atoms with Gasteiger partial charge in [0, 0.05) is 25.0 Å². The Morgan fingerprint density at radius 3 is 2.57 bits per heavy atom. The summed E-state index contributed by atoms with van der Waals surface area (Å²) in [6.07, 6.45) is 1.45. The average Bonchev–Trinajstić information content (AvgIpc) is 2.48. The van der Waals surface area contributed by atoms with Crippen molar-refractivity contribution in [3.05, 3.63) is 41.1 Å². The van der Waals surface area contributed by atoms with E-state index >= 15 is 0 Å². The summed E-state index contributed by atoms with van der Waals surface area (Å²) in [5.74, 6) is -0.258. The summed E-state index contributed by atoms with van der Waals surface area (Å²) in [5, 5.41) is 12.4. The number of carbonyl (C=O) groups is 1. The first-order chi connectivity index (χ1) is 10.9. The first-order valence-electron chi connectivity index (χ1n) is 7.79. The van der Waals surface area contributed by atoms with Gasteiger partial charge in [-0.25, -0.2) is 0 Å². The molecule has 0 aliphatic carbocycles. The Morgan fingerprint density at radius 1 is 1.35 bits per heavy atom. The van der Waals surface area contributed by atoms with Crippen molar-refractivity contribution in [3.63, 3.8) is 0 Å². The van der Waals surface area contributed by atoms with Gasteiger partial charge in [-0.05, 0) is 39.3 Å². The van der Waals surface area contributed by atoms with E-state index in [0.29, 0.717) is 13.1 Å². The second kappa shape index (κ2) is 7.30. The molecule has 1 amide bonds. The molecule has 0 spiro atoms. The van der Waals surface area contributed by atoms with E-state index in [4.69, 9.17) is 4.74 Å². The van der Waals surface area contributed by atoms with Crippen LogP contribution >= 0.6 is 0 Å². The highest BCUT2D eigenvalue weighted by Crippen LogP contribution is 2.17. The van der Waals surface area contributed by atoms with E-state index in [1.807, 2.05) is 45.9 Å². The van der Waals surface area contributed by atoms with Crippen LogP contribution in [0.4, 0.5) is 5.69 Å². The van der Waals surface area contributed by atoms with Crippen molar-refractivity contribution in [1.82, 2.24) is 4.90 Å². The second-order valence-corrected chi connectivity index (χ2v) is 6.10. The standard InChI is InChI=1S/C18H23N3O2/c1-12-5-6-17(13(2)7-12)20-9-16(8-19)18(22)21-10-14(3)23-15(4)11-21/h5-7,9,14-15,20H,10-11H2,1-4H3/b16-9-. The summed E-state index contributed by atoms with van der Waals surface area (Å²) in [6.45, 7) is 8.89. The lowest BCUT2D eigenvalue weighted by Crippen LogP contribution is -2.48. The molecule has 1 heterocycles. The Morgan fingerprint density at radius 2 is 2.00 bits per heavy atom. The van der Waals surface area contributed by atoms with Gasteiger partial charge in [0.25, 0.3) is 5.91 Å². The van der Waals surface area contributed by atoms with Gasteiger partial charge in [0.05, 0.1) is 12.2 Å². The maximum Gasteiger partial charge on any atom is 0.266 e. The van der Waals surface area contributed by atoms with Gasteiger partial charge in [-0.15, -0.1) is 0 Å². The number of nitrogens with zero attached hydrogens (tertiary/aromatic N) is 2. The number of ether oxygens (including phenoxy) is 1. The van der Waals surface area contributed by atoms with E-state index in [1.54, 1.807) is 4.90 Å². The molecule has 122 valence electrons. The molecule has 1 N–H and O–H groups in total. The number of anilines is 1. The van der Waals surface area contributed by atoms with Crippen LogP contribution < -0.4 is 5.32 Å². The minimum absolute atomic E-state index is 0.0186. The van der Waals surface area contributed by atoms with Gasteiger partial charge in [-0.1, -0.05) is 17.7 Å². The smallest absolute Gasteiger partial charge is 0.266 e. The number of hydrogen-bond donors (Lipinski definition) is 1. The second-order valence-electron chi connectivity index (χ2n) is 6.10. The highest BCUT2D eigenvalue weighted by Gasteiger charge is 2.27. The van der Waals surface area contributed by atoms with E-state index < -0.39 is 0 Å². The van der Waals surface area contributed by atoms with Crippen molar-refractivity contribution >= 4 is 11.6 Å². The van der Waals surface area contributed by atoms with Crippen LogP contribution in [-0.4, -0.2) is 36.1 Å². The molecule has 5 nitrogen and oxygen atoms in total. The van der Waals surface area contributed by atoms with Gasteiger partial charge >= 0.3 is 0 Å². The zero-order chi connectivity index (χ0) is 17.0. The molecular weight excluding hydrogens is 290 g/mol. The predicted octanol–water partition coefficient (Wildman–Crippen LogP) is 2.76. The Labute approximate surface area is 137 Å². The number of amides is 1. The molecule has 1 aliphatic heterocycles. The summed E-state index contributed by atoms with van der Waals surface area (Å²) in [5.41, 5.74) is 3.23. The lowest BCUT2D eigenvalue weighted by atomic mass is 10.1. The molecule has 2 atom stereocenters. The summed E-state index contributed by atoms with van der Waals surface area (Å²) in [7, 11) is 0. The fourth-order valence-corrected chi connectivity index (χ4v) is 2.78. The predicted molar refractivity (Wildman–Crippen MR) is 89.8 cm³/mol. The Balaban J connectivity index is 2.12. The number of morpholine rings is 1. The first kappa shape index (κ1) is 17.0. The van der Waals surface area contributed by atoms with E-state index in [2.05, 4.69) is 11.4 Å². The van der Waals surface area contributed by atoms with Crippen molar-refractivity contribution in [2.45, 2.75) is 39.9 Å². The normalized spacial score (nSPS) is 21.7. The van der Waals surface area contributed by atoms with Gasteiger partial charge in [0.15, 0.2) is 0 Å². The van der Waals surface area contributed by atoms with Crippen LogP contribution in [0.5, 0.6) is 0 Å². The molecule has 1 fully saturated rings. The van der Waals surface area contributed by atoms with E-state index in [-0.39, 0.29) is 23.7 Å². The summed E-state index contributed by atoms with van der Waals surface area (Å²) in [6, 6.07) is 7.98. The fraction of sp³-hybridized carbons (Fsp3) is 0.444. The molecular formula is C18H23N3O2. The van der Waals surface area contributed by atoms with E-state index in [1.165, 1.54) is 11.8 Å². The van der Waals surface area contributed by atoms with Crippen LogP contribution in [0.25, 0.3) is 0 Å². The third-order valence-electron chi connectivity index (χ3n) is 3.81. The van der Waals surface area contributed by atoms with Crippen molar-refractivity contribution in [1.29, 1.82) is 5.26 Å². The topological polar surface area (TPSA) is 65.4 Å². The molecule has 23 heavy (non-hydrogen) atoms. The molecule has 0 saturated carbocycles. The molecule has 1 aromatic carbocycles. The van der Waals surface area contributed by atoms with Gasteiger partial charge < -0.3 is 15.0 Å². The van der Waals surface area contributed by atoms with Gasteiger partial charge in [0.2, 0.25) is 0 Å². The Kier molecular flexibility index (Phi) is 5.41. The summed E-state index contributed by atoms with van der Waals surface area (Å²) < 4.78 is 5.62. The zero-order valence-electron chi connectivity index (χ0n) is 14.1. The first-order valence-corrected chi connectivity index (χ1v) is 7.79. The van der Waals surface area contributed by atoms with Crippen molar-refractivity contribution < 1.29 is 9.53 Å². The molecule has 2 unspecified atom stereocenters. The maximum absolute atomic E-state index is 12.5. The summed E-state index contributed by atoms with van der Waals surface area (Å²) in [4.78, 5) is 14.2.